The SMILES string of the molecule is CCCCNC(=O)CNc1ccc(Cl)c(C(=O)NC2CCCCC2)c1. The molecule has 0 unspecified atom stereocenters. The maximum absolute atomic E-state index is 12.5. The normalized spacial score (nSPS) is 14.8. The van der Waals surface area contributed by atoms with Gasteiger partial charge in [-0.3, -0.25) is 9.59 Å². The van der Waals surface area contributed by atoms with E-state index in [2.05, 4.69) is 22.9 Å². The van der Waals surface area contributed by atoms with Crippen molar-refractivity contribution in [2.75, 3.05) is 18.4 Å². The molecular formula is C19H28ClN3O2. The monoisotopic (exact) mass is 365 g/mol. The molecule has 1 saturated carbocycles. The van der Waals surface area contributed by atoms with Gasteiger partial charge in [0.05, 0.1) is 17.1 Å². The van der Waals surface area contributed by atoms with Crippen LogP contribution in [0, 0.1) is 0 Å². The summed E-state index contributed by atoms with van der Waals surface area (Å²) < 4.78 is 0. The van der Waals surface area contributed by atoms with Crippen molar-refractivity contribution in [1.82, 2.24) is 10.6 Å². The Bertz CT molecular complexity index is 586. The summed E-state index contributed by atoms with van der Waals surface area (Å²) in [6, 6.07) is 5.41. The van der Waals surface area contributed by atoms with E-state index in [4.69, 9.17) is 11.6 Å². The topological polar surface area (TPSA) is 70.2 Å². The molecule has 0 bridgehead atoms. The summed E-state index contributed by atoms with van der Waals surface area (Å²) in [6.45, 7) is 2.94. The van der Waals surface area contributed by atoms with Crippen LogP contribution >= 0.6 is 11.6 Å². The molecular weight excluding hydrogens is 338 g/mol. The van der Waals surface area contributed by atoms with Crippen molar-refractivity contribution in [2.45, 2.75) is 57.9 Å². The molecule has 0 atom stereocenters. The largest absolute Gasteiger partial charge is 0.376 e. The molecule has 5 nitrogen and oxygen atoms in total. The molecule has 2 rings (SSSR count). The lowest BCUT2D eigenvalue weighted by molar-refractivity contribution is -0.119. The highest BCUT2D eigenvalue weighted by Crippen LogP contribution is 2.22. The molecule has 0 aromatic heterocycles. The molecule has 0 spiro atoms. The van der Waals surface area contributed by atoms with Gasteiger partial charge < -0.3 is 16.0 Å². The highest BCUT2D eigenvalue weighted by atomic mass is 35.5. The molecule has 1 aromatic rings. The predicted molar refractivity (Wildman–Crippen MR) is 102 cm³/mol. The Hall–Kier alpha value is -1.75. The molecule has 3 N–H and O–H groups in total. The zero-order valence-corrected chi connectivity index (χ0v) is 15.6. The Labute approximate surface area is 154 Å². The minimum absolute atomic E-state index is 0.0587. The van der Waals surface area contributed by atoms with Crippen molar-refractivity contribution in [3.63, 3.8) is 0 Å². The van der Waals surface area contributed by atoms with Crippen LogP contribution in [-0.4, -0.2) is 30.9 Å². The fourth-order valence-electron chi connectivity index (χ4n) is 2.97. The lowest BCUT2D eigenvalue weighted by Gasteiger charge is -2.23. The standard InChI is InChI=1S/C19H28ClN3O2/c1-2-3-11-21-18(24)13-22-15-9-10-17(20)16(12-15)19(25)23-14-7-5-4-6-8-14/h9-10,12,14,22H,2-8,11,13H2,1H3,(H,21,24)(H,23,25). The van der Waals surface area contributed by atoms with E-state index in [-0.39, 0.29) is 24.4 Å². The number of carbonyl (C=O) groups is 2. The predicted octanol–water partition coefficient (Wildman–Crippen LogP) is 3.73. The van der Waals surface area contributed by atoms with Crippen LogP contribution in [0.25, 0.3) is 0 Å². The highest BCUT2D eigenvalue weighted by Gasteiger charge is 2.18. The number of benzene rings is 1. The van der Waals surface area contributed by atoms with Crippen molar-refractivity contribution in [3.8, 4) is 0 Å². The second-order valence-electron chi connectivity index (χ2n) is 6.56. The molecule has 6 heteroatoms. The van der Waals surface area contributed by atoms with Gasteiger partial charge in [-0.25, -0.2) is 0 Å². The number of unbranched alkanes of at least 4 members (excludes halogenated alkanes) is 1. The van der Waals surface area contributed by atoms with Crippen LogP contribution in [0.4, 0.5) is 5.69 Å². The molecule has 1 aliphatic rings. The molecule has 25 heavy (non-hydrogen) atoms. The van der Waals surface area contributed by atoms with Gasteiger partial charge in [-0.05, 0) is 37.5 Å². The fourth-order valence-corrected chi connectivity index (χ4v) is 3.17. The van der Waals surface area contributed by atoms with E-state index >= 15 is 0 Å². The Balaban J connectivity index is 1.90. The quantitative estimate of drug-likeness (QED) is 0.615. The van der Waals surface area contributed by atoms with Gasteiger partial charge in [0.2, 0.25) is 5.91 Å². The zero-order valence-electron chi connectivity index (χ0n) is 14.9. The van der Waals surface area contributed by atoms with Crippen LogP contribution in [0.1, 0.15) is 62.2 Å². The van der Waals surface area contributed by atoms with Crippen LogP contribution in [-0.2, 0) is 4.79 Å². The van der Waals surface area contributed by atoms with Crippen molar-refractivity contribution in [1.29, 1.82) is 0 Å². The maximum atomic E-state index is 12.5. The molecule has 0 radical (unpaired) electrons. The first-order valence-corrected chi connectivity index (χ1v) is 9.59. The Morgan fingerprint density at radius 2 is 1.96 bits per heavy atom. The zero-order chi connectivity index (χ0) is 18.1. The molecule has 1 aliphatic carbocycles. The Morgan fingerprint density at radius 3 is 2.68 bits per heavy atom. The van der Waals surface area contributed by atoms with Gasteiger partial charge in [-0.1, -0.05) is 44.2 Å². The van der Waals surface area contributed by atoms with Crippen molar-refractivity contribution in [2.24, 2.45) is 0 Å². The minimum atomic E-state index is -0.145. The summed E-state index contributed by atoms with van der Waals surface area (Å²) in [6.07, 6.45) is 7.63. The molecule has 0 saturated heterocycles. The number of halogens is 1. The average Bonchev–Trinajstić information content (AvgIpc) is 2.62. The number of carbonyl (C=O) groups excluding carboxylic acids is 2. The molecule has 1 aromatic carbocycles. The number of hydrogen-bond acceptors (Lipinski definition) is 3. The maximum Gasteiger partial charge on any atom is 0.253 e. The first-order chi connectivity index (χ1) is 12.1. The summed E-state index contributed by atoms with van der Waals surface area (Å²) in [5.74, 6) is -0.204. The summed E-state index contributed by atoms with van der Waals surface area (Å²) in [4.78, 5) is 24.3. The van der Waals surface area contributed by atoms with E-state index in [0.29, 0.717) is 22.8 Å². The van der Waals surface area contributed by atoms with Crippen LogP contribution in [0.15, 0.2) is 18.2 Å². The molecule has 0 aliphatic heterocycles. The van der Waals surface area contributed by atoms with Crippen LogP contribution < -0.4 is 16.0 Å². The van der Waals surface area contributed by atoms with Gasteiger partial charge in [-0.15, -0.1) is 0 Å². The number of hydrogen-bond donors (Lipinski definition) is 3. The van der Waals surface area contributed by atoms with E-state index < -0.39 is 0 Å². The van der Waals surface area contributed by atoms with Gasteiger partial charge in [0.1, 0.15) is 0 Å². The molecule has 138 valence electrons. The van der Waals surface area contributed by atoms with Crippen molar-refractivity contribution >= 4 is 29.1 Å². The van der Waals surface area contributed by atoms with Crippen LogP contribution in [0.3, 0.4) is 0 Å². The second-order valence-corrected chi connectivity index (χ2v) is 6.97. The first-order valence-electron chi connectivity index (χ1n) is 9.21. The van der Waals surface area contributed by atoms with Crippen LogP contribution in [0.5, 0.6) is 0 Å². The van der Waals surface area contributed by atoms with Crippen molar-refractivity contribution in [3.05, 3.63) is 28.8 Å². The lowest BCUT2D eigenvalue weighted by atomic mass is 9.95. The van der Waals surface area contributed by atoms with Gasteiger partial charge in [-0.2, -0.15) is 0 Å². The summed E-state index contributed by atoms with van der Waals surface area (Å²) in [5.41, 5.74) is 1.16. The van der Waals surface area contributed by atoms with Gasteiger partial charge in [0.15, 0.2) is 0 Å². The Kier molecular flexibility index (Phi) is 8.06. The van der Waals surface area contributed by atoms with E-state index in [9.17, 15) is 9.59 Å². The van der Waals surface area contributed by atoms with Gasteiger partial charge in [0, 0.05) is 18.3 Å². The first kappa shape index (κ1) is 19.6. The van der Waals surface area contributed by atoms with E-state index in [1.165, 1.54) is 6.42 Å². The third kappa shape index (κ3) is 6.58. The third-order valence-electron chi connectivity index (χ3n) is 4.46. The second kappa shape index (κ2) is 10.3. The van der Waals surface area contributed by atoms with Gasteiger partial charge in [0.25, 0.3) is 5.91 Å². The van der Waals surface area contributed by atoms with Gasteiger partial charge >= 0.3 is 0 Å². The van der Waals surface area contributed by atoms with E-state index in [1.807, 2.05) is 0 Å². The molecule has 2 amide bonds. The molecule has 0 heterocycles. The molecule has 1 fully saturated rings. The minimum Gasteiger partial charge on any atom is -0.376 e. The highest BCUT2D eigenvalue weighted by molar-refractivity contribution is 6.34. The average molecular weight is 366 g/mol. The van der Waals surface area contributed by atoms with Crippen molar-refractivity contribution < 1.29 is 9.59 Å². The number of amides is 2. The Morgan fingerprint density at radius 1 is 1.20 bits per heavy atom. The lowest BCUT2D eigenvalue weighted by Crippen LogP contribution is -2.36. The number of rotatable bonds is 8. The number of anilines is 1. The van der Waals surface area contributed by atoms with E-state index in [0.717, 1.165) is 38.5 Å². The van der Waals surface area contributed by atoms with Crippen LogP contribution in [0.2, 0.25) is 5.02 Å². The smallest absolute Gasteiger partial charge is 0.253 e. The summed E-state index contributed by atoms with van der Waals surface area (Å²) in [5, 5.41) is 9.39. The third-order valence-corrected chi connectivity index (χ3v) is 4.79. The summed E-state index contributed by atoms with van der Waals surface area (Å²) in [7, 11) is 0. The van der Waals surface area contributed by atoms with E-state index in [1.54, 1.807) is 18.2 Å². The fraction of sp³-hybridized carbons (Fsp3) is 0.579. The summed E-state index contributed by atoms with van der Waals surface area (Å²) >= 11 is 6.19. The number of nitrogens with one attached hydrogen (secondary N) is 3.